The van der Waals surface area contributed by atoms with Gasteiger partial charge in [-0.15, -0.1) is 5.06 Å². The van der Waals surface area contributed by atoms with Gasteiger partial charge in [0.2, 0.25) is 5.91 Å². The summed E-state index contributed by atoms with van der Waals surface area (Å²) in [6.07, 6.45) is 0.553. The third-order valence-electron chi connectivity index (χ3n) is 4.16. The molecule has 0 bridgehead atoms. The first-order valence-electron chi connectivity index (χ1n) is 7.03. The highest BCUT2D eigenvalue weighted by molar-refractivity contribution is 5.89. The molecule has 1 atom stereocenters. The number of hydroxylamine groups is 2. The van der Waals surface area contributed by atoms with Gasteiger partial charge in [-0.2, -0.15) is 0 Å². The lowest BCUT2D eigenvalue weighted by Gasteiger charge is -2.38. The fourth-order valence-electron chi connectivity index (χ4n) is 3.15. The summed E-state index contributed by atoms with van der Waals surface area (Å²) in [5.41, 5.74) is 4.88. The van der Waals surface area contributed by atoms with Gasteiger partial charge in [-0.25, -0.2) is 4.79 Å². The molecule has 1 heterocycles. The maximum atomic E-state index is 12.3. The Kier molecular flexibility index (Phi) is 3.80. The van der Waals surface area contributed by atoms with Gasteiger partial charge in [-0.05, 0) is 46.2 Å². The Morgan fingerprint density at radius 3 is 2.24 bits per heavy atom. The van der Waals surface area contributed by atoms with E-state index in [4.69, 9.17) is 10.6 Å². The predicted molar refractivity (Wildman–Crippen MR) is 79.2 cm³/mol. The van der Waals surface area contributed by atoms with Crippen molar-refractivity contribution in [2.45, 2.75) is 45.2 Å². The van der Waals surface area contributed by atoms with E-state index < -0.39 is 17.0 Å². The Morgan fingerprint density at radius 1 is 1.19 bits per heavy atom. The molecule has 1 amide bonds. The number of rotatable bonds is 3. The molecule has 1 saturated heterocycles. The van der Waals surface area contributed by atoms with Crippen molar-refractivity contribution in [1.29, 1.82) is 0 Å². The maximum Gasteiger partial charge on any atom is 0.357 e. The molecule has 114 valence electrons. The third kappa shape index (κ3) is 2.78. The number of carbonyl (C=O) groups excluding carboxylic acids is 2. The van der Waals surface area contributed by atoms with Gasteiger partial charge < -0.3 is 10.6 Å². The molecular weight excluding hydrogens is 268 g/mol. The summed E-state index contributed by atoms with van der Waals surface area (Å²) in [5.74, 6) is -1.16. The Morgan fingerprint density at radius 2 is 1.76 bits per heavy atom. The number of nitrogens with two attached hydrogens (primary N) is 1. The van der Waals surface area contributed by atoms with E-state index in [1.165, 1.54) is 0 Å². The van der Waals surface area contributed by atoms with Crippen molar-refractivity contribution in [2.75, 3.05) is 0 Å². The Balaban J connectivity index is 2.26. The highest BCUT2D eigenvalue weighted by Gasteiger charge is 2.56. The highest BCUT2D eigenvalue weighted by Crippen LogP contribution is 2.45. The number of benzene rings is 1. The lowest BCUT2D eigenvalue weighted by molar-refractivity contribution is -0.199. The van der Waals surface area contributed by atoms with E-state index >= 15 is 0 Å². The molecule has 5 nitrogen and oxygen atoms in total. The second-order valence-electron chi connectivity index (χ2n) is 6.66. The van der Waals surface area contributed by atoms with Crippen LogP contribution in [0.3, 0.4) is 0 Å². The number of hydrogen-bond acceptors (Lipinski definition) is 4. The van der Waals surface area contributed by atoms with Crippen LogP contribution < -0.4 is 5.73 Å². The fraction of sp³-hybridized carbons (Fsp3) is 0.500. The summed E-state index contributed by atoms with van der Waals surface area (Å²) in [4.78, 5) is 29.5. The van der Waals surface area contributed by atoms with Crippen molar-refractivity contribution in [1.82, 2.24) is 5.06 Å². The average molecular weight is 290 g/mol. The monoisotopic (exact) mass is 290 g/mol. The van der Waals surface area contributed by atoms with E-state index in [0.717, 1.165) is 0 Å². The standard InChI is InChI=1S/C16H22N2O3/c1-15(2)10-12(13(17)19)16(3,4)18(15)21-14(20)11-8-6-5-7-9-11/h5-9,12H,10H2,1-4H3,(H2,17,19). The summed E-state index contributed by atoms with van der Waals surface area (Å²) in [6, 6.07) is 8.80. The quantitative estimate of drug-likeness (QED) is 0.925. The maximum absolute atomic E-state index is 12.3. The number of nitrogens with zero attached hydrogens (tertiary/aromatic N) is 1. The minimum atomic E-state index is -0.639. The number of primary amides is 1. The van der Waals surface area contributed by atoms with Crippen LogP contribution in [0.15, 0.2) is 30.3 Å². The molecule has 1 aliphatic heterocycles. The van der Waals surface area contributed by atoms with Crippen LogP contribution >= 0.6 is 0 Å². The molecule has 0 radical (unpaired) electrons. The second-order valence-corrected chi connectivity index (χ2v) is 6.66. The molecule has 1 aromatic carbocycles. The second kappa shape index (κ2) is 5.15. The molecule has 5 heteroatoms. The van der Waals surface area contributed by atoms with Crippen molar-refractivity contribution in [3.8, 4) is 0 Å². The zero-order valence-electron chi connectivity index (χ0n) is 12.9. The number of amides is 1. The van der Waals surface area contributed by atoms with Crippen LogP contribution in [0.2, 0.25) is 0 Å². The number of carbonyl (C=O) groups is 2. The van der Waals surface area contributed by atoms with Gasteiger partial charge in [0.1, 0.15) is 0 Å². The van der Waals surface area contributed by atoms with Gasteiger partial charge in [0.15, 0.2) is 0 Å². The lowest BCUT2D eigenvalue weighted by Crippen LogP contribution is -2.52. The van der Waals surface area contributed by atoms with Crippen LogP contribution in [-0.4, -0.2) is 28.0 Å². The van der Waals surface area contributed by atoms with Gasteiger partial charge >= 0.3 is 5.97 Å². The summed E-state index contributed by atoms with van der Waals surface area (Å²) in [6.45, 7) is 7.62. The summed E-state index contributed by atoms with van der Waals surface area (Å²) in [7, 11) is 0. The molecule has 1 aliphatic rings. The van der Waals surface area contributed by atoms with E-state index in [1.54, 1.807) is 29.3 Å². The first-order chi connectivity index (χ1) is 9.66. The average Bonchev–Trinajstić information content (AvgIpc) is 2.59. The molecule has 21 heavy (non-hydrogen) atoms. The van der Waals surface area contributed by atoms with E-state index in [-0.39, 0.29) is 11.8 Å². The van der Waals surface area contributed by atoms with Crippen molar-refractivity contribution in [2.24, 2.45) is 11.7 Å². The molecule has 2 N–H and O–H groups in total. The number of hydrogen-bond donors (Lipinski definition) is 1. The molecule has 1 aromatic rings. The van der Waals surface area contributed by atoms with Crippen molar-refractivity contribution >= 4 is 11.9 Å². The normalized spacial score (nSPS) is 23.7. The first-order valence-corrected chi connectivity index (χ1v) is 7.03. The largest absolute Gasteiger partial charge is 0.369 e. The molecular formula is C16H22N2O3. The van der Waals surface area contributed by atoms with Crippen molar-refractivity contribution < 1.29 is 14.4 Å². The van der Waals surface area contributed by atoms with Crippen LogP contribution in [0, 0.1) is 5.92 Å². The summed E-state index contributed by atoms with van der Waals surface area (Å²) in [5, 5.41) is 1.62. The SMILES string of the molecule is CC1(C)CC(C(N)=O)C(C)(C)N1OC(=O)c1ccccc1. The van der Waals surface area contributed by atoms with E-state index in [0.29, 0.717) is 12.0 Å². The predicted octanol–water partition coefficient (Wildman–Crippen LogP) is 2.12. The van der Waals surface area contributed by atoms with Crippen molar-refractivity contribution in [3.63, 3.8) is 0 Å². The first kappa shape index (κ1) is 15.5. The van der Waals surface area contributed by atoms with Gasteiger partial charge in [-0.1, -0.05) is 18.2 Å². The van der Waals surface area contributed by atoms with E-state index in [2.05, 4.69) is 0 Å². The van der Waals surface area contributed by atoms with Crippen LogP contribution in [0.25, 0.3) is 0 Å². The summed E-state index contributed by atoms with van der Waals surface area (Å²) >= 11 is 0. The Bertz CT molecular complexity index is 552. The fourth-order valence-corrected chi connectivity index (χ4v) is 3.15. The lowest BCUT2D eigenvalue weighted by atomic mass is 9.86. The van der Waals surface area contributed by atoms with Crippen molar-refractivity contribution in [3.05, 3.63) is 35.9 Å². The minimum Gasteiger partial charge on any atom is -0.369 e. The smallest absolute Gasteiger partial charge is 0.357 e. The van der Waals surface area contributed by atoms with Crippen LogP contribution in [-0.2, 0) is 9.63 Å². The van der Waals surface area contributed by atoms with Gasteiger partial charge in [0.05, 0.1) is 22.6 Å². The molecule has 0 saturated carbocycles. The van der Waals surface area contributed by atoms with Crippen LogP contribution in [0.1, 0.15) is 44.5 Å². The minimum absolute atomic E-state index is 0.365. The Labute approximate surface area is 125 Å². The van der Waals surface area contributed by atoms with Gasteiger partial charge in [-0.3, -0.25) is 4.79 Å². The van der Waals surface area contributed by atoms with Crippen LogP contribution in [0.4, 0.5) is 0 Å². The summed E-state index contributed by atoms with van der Waals surface area (Å²) < 4.78 is 0. The third-order valence-corrected chi connectivity index (χ3v) is 4.16. The van der Waals surface area contributed by atoms with Gasteiger partial charge in [0.25, 0.3) is 0 Å². The Hall–Kier alpha value is -1.88. The molecule has 1 fully saturated rings. The topological polar surface area (TPSA) is 72.6 Å². The molecule has 2 rings (SSSR count). The molecule has 0 aliphatic carbocycles. The molecule has 0 aromatic heterocycles. The van der Waals surface area contributed by atoms with Crippen LogP contribution in [0.5, 0.6) is 0 Å². The zero-order valence-corrected chi connectivity index (χ0v) is 12.9. The van der Waals surface area contributed by atoms with E-state index in [1.807, 2.05) is 33.8 Å². The zero-order chi connectivity index (χ0) is 15.8. The highest BCUT2D eigenvalue weighted by atomic mass is 16.7. The van der Waals surface area contributed by atoms with Gasteiger partial charge in [0, 0.05) is 0 Å². The molecule has 0 spiro atoms. The molecule has 1 unspecified atom stereocenters. The van der Waals surface area contributed by atoms with E-state index in [9.17, 15) is 9.59 Å².